The molecule has 0 atom stereocenters. The molecule has 0 amide bonds. The van der Waals surface area contributed by atoms with Gasteiger partial charge in [0, 0.05) is 21.9 Å². The largest absolute Gasteiger partial charge is 0.524 e. The molecule has 4 aromatic carbocycles. The van der Waals surface area contributed by atoms with Gasteiger partial charge in [-0.25, -0.2) is 0 Å². The quantitative estimate of drug-likeness (QED) is 0.0905. The van der Waals surface area contributed by atoms with E-state index in [4.69, 9.17) is 28.6 Å². The molecule has 0 unspecified atom stereocenters. The molecular weight excluding hydrogens is 593 g/mol. The lowest BCUT2D eigenvalue weighted by Gasteiger charge is -2.16. The molecule has 0 aliphatic heterocycles. The van der Waals surface area contributed by atoms with Crippen LogP contribution in [0.3, 0.4) is 0 Å². The van der Waals surface area contributed by atoms with Crippen LogP contribution in [0.15, 0.2) is 133 Å². The van der Waals surface area contributed by atoms with Crippen molar-refractivity contribution >= 4 is 13.7 Å². The monoisotopic (exact) mass is 636 g/mol. The topological polar surface area (TPSA) is 102 Å². The van der Waals surface area contributed by atoms with Crippen molar-refractivity contribution in [1.29, 1.82) is 0 Å². The minimum Gasteiger partial charge on any atom is -0.491 e. The van der Waals surface area contributed by atoms with Crippen LogP contribution in [-0.2, 0) is 19.6 Å². The normalized spacial score (nSPS) is 13.3. The van der Waals surface area contributed by atoms with Crippen LogP contribution in [0.5, 0.6) is 17.2 Å². The highest BCUT2D eigenvalue weighted by molar-refractivity contribution is 6.86. The molecule has 0 aliphatic carbocycles. The summed E-state index contributed by atoms with van der Waals surface area (Å²) >= 11 is 0. The van der Waals surface area contributed by atoms with Gasteiger partial charge in [-0.3, -0.25) is 0 Å². The third-order valence-corrected chi connectivity index (χ3v) is 8.89. The van der Waals surface area contributed by atoms with Gasteiger partial charge in [0.1, 0.15) is 17.2 Å². The van der Waals surface area contributed by atoms with Gasteiger partial charge in [0.2, 0.25) is 0 Å². The van der Waals surface area contributed by atoms with Crippen LogP contribution < -0.4 is 19.4 Å². The minimum atomic E-state index is -3.53. The number of ether oxygens (including phenoxy) is 3. The van der Waals surface area contributed by atoms with Gasteiger partial charge >= 0.3 is 8.56 Å². The molecule has 0 aliphatic rings. The van der Waals surface area contributed by atoms with Gasteiger partial charge < -0.3 is 14.2 Å². The summed E-state index contributed by atoms with van der Waals surface area (Å²) in [4.78, 5) is 0. The van der Waals surface area contributed by atoms with Crippen LogP contribution in [0, 0.1) is 0 Å². The molecule has 240 valence electrons. The molecule has 0 bridgehead atoms. The van der Waals surface area contributed by atoms with Gasteiger partial charge in [0.15, 0.2) is 0 Å². The molecule has 0 radical (unpaired) electrons. The molecule has 0 saturated heterocycles. The average molecular weight is 637 g/mol. The lowest BCUT2D eigenvalue weighted by atomic mass is 10.2. The molecule has 0 heterocycles. The predicted molar refractivity (Wildman–Crippen MR) is 184 cm³/mol. The van der Waals surface area contributed by atoms with Crippen LogP contribution in [0.25, 0.3) is 0 Å². The summed E-state index contributed by atoms with van der Waals surface area (Å²) in [5.41, 5.74) is 2.76. The summed E-state index contributed by atoms with van der Waals surface area (Å²) in [7, 11) is -3.53. The zero-order valence-corrected chi connectivity index (χ0v) is 28.6. The van der Waals surface area contributed by atoms with Gasteiger partial charge in [-0.1, -0.05) is 84.9 Å². The first-order valence-electron chi connectivity index (χ1n) is 15.7. The maximum atomic E-state index is 6.02. The van der Waals surface area contributed by atoms with Gasteiger partial charge in [-0.05, 0) is 59.7 Å². The van der Waals surface area contributed by atoms with Crippen molar-refractivity contribution < 1.29 is 14.2 Å². The Balaban J connectivity index is 1.73. The fourth-order valence-corrected chi connectivity index (χ4v) is 6.45. The van der Waals surface area contributed by atoms with Crippen molar-refractivity contribution in [2.24, 2.45) is 29.7 Å². The van der Waals surface area contributed by atoms with E-state index in [1.54, 1.807) is 0 Å². The molecule has 0 N–H and O–H groups in total. The lowest BCUT2D eigenvalue weighted by Crippen LogP contribution is -2.42. The molecule has 0 fully saturated rings. The Morgan fingerprint density at radius 3 is 1.07 bits per heavy atom. The van der Waals surface area contributed by atoms with E-state index >= 15 is 0 Å². The number of hydrogen-bond acceptors (Lipinski definition) is 9. The number of nitrogens with zero attached hydrogens (tertiary/aromatic N) is 6. The second-order valence-corrected chi connectivity index (χ2v) is 14.0. The second kappa shape index (κ2) is 17.1. The zero-order valence-electron chi connectivity index (χ0n) is 27.6. The molecule has 9 nitrogen and oxygen atoms in total. The Bertz CT molecular complexity index is 1450. The number of benzene rings is 4. The Hall–Kier alpha value is -4.70. The van der Waals surface area contributed by atoms with Gasteiger partial charge in [-0.2, -0.15) is 29.7 Å². The third-order valence-electron chi connectivity index (χ3n) is 6.52. The van der Waals surface area contributed by atoms with Crippen molar-refractivity contribution in [3.05, 3.63) is 120 Å². The Morgan fingerprint density at radius 1 is 0.435 bits per heavy atom. The van der Waals surface area contributed by atoms with E-state index in [0.29, 0.717) is 19.6 Å². The van der Waals surface area contributed by atoms with E-state index in [1.165, 1.54) is 0 Å². The van der Waals surface area contributed by atoms with Crippen molar-refractivity contribution in [2.45, 2.75) is 79.5 Å². The summed E-state index contributed by atoms with van der Waals surface area (Å²) in [6.45, 7) is 12.9. The van der Waals surface area contributed by atoms with E-state index in [-0.39, 0.29) is 18.3 Å². The van der Waals surface area contributed by atoms with E-state index in [9.17, 15) is 0 Å². The first-order chi connectivity index (χ1) is 22.3. The molecule has 4 rings (SSSR count). The van der Waals surface area contributed by atoms with E-state index in [2.05, 4.69) is 15.3 Å². The molecule has 10 heteroatoms. The Labute approximate surface area is 273 Å². The maximum absolute atomic E-state index is 6.02. The Kier molecular flexibility index (Phi) is 12.7. The molecular formula is C36H44N6O3Si. The summed E-state index contributed by atoms with van der Waals surface area (Å²) in [6.07, 6.45) is 0.0933. The third kappa shape index (κ3) is 10.2. The SMILES string of the molecule is CC(C)Oc1ccccc1CN=N[Si](N=NCc1ccccc1OC(C)C)(N=NCc1ccccc1OC(C)C)c1ccccc1. The number of hydrogen-bond donors (Lipinski definition) is 0. The van der Waals surface area contributed by atoms with Gasteiger partial charge in [-0.15, -0.1) is 0 Å². The van der Waals surface area contributed by atoms with Gasteiger partial charge in [0.05, 0.1) is 37.9 Å². The van der Waals surface area contributed by atoms with Crippen LogP contribution in [-0.4, -0.2) is 26.9 Å². The van der Waals surface area contributed by atoms with Crippen molar-refractivity contribution in [3.63, 3.8) is 0 Å². The van der Waals surface area contributed by atoms with E-state index in [0.717, 1.165) is 39.1 Å². The van der Waals surface area contributed by atoms with Crippen LogP contribution in [0.2, 0.25) is 0 Å². The summed E-state index contributed by atoms with van der Waals surface area (Å²) in [6, 6.07) is 33.3. The van der Waals surface area contributed by atoms with Crippen LogP contribution >= 0.6 is 0 Å². The summed E-state index contributed by atoms with van der Waals surface area (Å²) in [5, 5.41) is 14.8. The smallest absolute Gasteiger partial charge is 0.491 e. The Morgan fingerprint density at radius 2 is 0.739 bits per heavy atom. The van der Waals surface area contributed by atoms with Crippen LogP contribution in [0.4, 0.5) is 0 Å². The summed E-state index contributed by atoms with van der Waals surface area (Å²) in [5.74, 6) is 2.32. The molecule has 0 saturated carbocycles. The molecule has 0 aromatic heterocycles. The first-order valence-corrected chi connectivity index (χ1v) is 17.5. The van der Waals surface area contributed by atoms with Gasteiger partial charge in [0.25, 0.3) is 0 Å². The lowest BCUT2D eigenvalue weighted by molar-refractivity contribution is 0.239. The van der Waals surface area contributed by atoms with Crippen molar-refractivity contribution in [3.8, 4) is 17.2 Å². The number of para-hydroxylation sites is 3. The fourth-order valence-electron chi connectivity index (χ4n) is 4.54. The van der Waals surface area contributed by atoms with Crippen molar-refractivity contribution in [1.82, 2.24) is 0 Å². The molecule has 4 aromatic rings. The molecule has 0 spiro atoms. The highest BCUT2D eigenvalue weighted by Gasteiger charge is 2.40. The zero-order chi connectivity index (χ0) is 32.8. The van der Waals surface area contributed by atoms with E-state index < -0.39 is 8.56 Å². The highest BCUT2D eigenvalue weighted by Crippen LogP contribution is 2.25. The first kappa shape index (κ1) is 34.2. The standard InChI is InChI=1S/C36H44N6O3Si/c1-27(2)43-34-21-13-10-16-30(34)24-37-40-46(33-19-8-7-9-20-33,41-38-25-31-17-11-14-22-35(31)44-28(3)4)42-39-26-32-18-12-15-23-36(32)45-29(5)6/h7-23,27-29H,24-26H2,1-6H3. The van der Waals surface area contributed by atoms with E-state index in [1.807, 2.05) is 145 Å². The minimum absolute atomic E-state index is 0.0311. The second-order valence-electron chi connectivity index (χ2n) is 11.5. The predicted octanol–water partition coefficient (Wildman–Crippen LogP) is 9.15. The fraction of sp³-hybridized carbons (Fsp3) is 0.333. The number of rotatable bonds is 16. The van der Waals surface area contributed by atoms with Crippen LogP contribution in [0.1, 0.15) is 58.2 Å². The maximum Gasteiger partial charge on any atom is 0.524 e. The molecule has 46 heavy (non-hydrogen) atoms. The average Bonchev–Trinajstić information content (AvgIpc) is 3.03. The highest BCUT2D eigenvalue weighted by atomic mass is 28.4. The van der Waals surface area contributed by atoms with Crippen molar-refractivity contribution in [2.75, 3.05) is 0 Å². The summed E-state index contributed by atoms with van der Waals surface area (Å²) < 4.78 is 32.7.